The van der Waals surface area contributed by atoms with E-state index in [0.29, 0.717) is 56.5 Å². The molecule has 1 atom stereocenters. The van der Waals surface area contributed by atoms with Gasteiger partial charge in [0.1, 0.15) is 5.69 Å². The molecule has 2 fully saturated rings. The monoisotopic (exact) mass is 583 g/mol. The molecule has 2 aliphatic heterocycles. The molecule has 9 heteroatoms. The highest BCUT2D eigenvalue weighted by Gasteiger charge is 2.33. The van der Waals surface area contributed by atoms with Crippen LogP contribution in [0.4, 0.5) is 11.4 Å². The van der Waals surface area contributed by atoms with Crippen molar-refractivity contribution in [1.29, 1.82) is 0 Å². The second kappa shape index (κ2) is 12.4. The molecule has 2 amide bonds. The van der Waals surface area contributed by atoms with E-state index >= 15 is 0 Å². The van der Waals surface area contributed by atoms with Crippen molar-refractivity contribution in [2.45, 2.75) is 12.8 Å². The van der Waals surface area contributed by atoms with Crippen LogP contribution in [-0.4, -0.2) is 72.4 Å². The number of halogens is 1. The van der Waals surface area contributed by atoms with Gasteiger partial charge in [0.05, 0.1) is 12.5 Å². The maximum atomic E-state index is 13.7. The molecule has 0 aliphatic carbocycles. The molecule has 3 aromatic carbocycles. The summed E-state index contributed by atoms with van der Waals surface area (Å²) in [6.07, 6.45) is 1.60. The summed E-state index contributed by atoms with van der Waals surface area (Å²) in [4.78, 5) is 48.9. The molecule has 216 valence electrons. The first-order valence-corrected chi connectivity index (χ1v) is 14.9. The van der Waals surface area contributed by atoms with E-state index in [1.165, 1.54) is 0 Å². The van der Waals surface area contributed by atoms with Crippen molar-refractivity contribution in [2.24, 2.45) is 5.92 Å². The molecule has 2 aliphatic rings. The average Bonchev–Trinajstić information content (AvgIpc) is 3.01. The Kier molecular flexibility index (Phi) is 8.26. The van der Waals surface area contributed by atoms with Crippen LogP contribution in [0.3, 0.4) is 0 Å². The van der Waals surface area contributed by atoms with Crippen LogP contribution in [0.25, 0.3) is 22.0 Å². The summed E-state index contributed by atoms with van der Waals surface area (Å²) < 4.78 is 0. The van der Waals surface area contributed by atoms with Gasteiger partial charge in [0, 0.05) is 66.4 Å². The second-order valence-corrected chi connectivity index (χ2v) is 11.5. The summed E-state index contributed by atoms with van der Waals surface area (Å²) in [5, 5.41) is 4.41. The fourth-order valence-electron chi connectivity index (χ4n) is 6.15. The molecule has 6 rings (SSSR count). The summed E-state index contributed by atoms with van der Waals surface area (Å²) in [5.74, 6) is -0.139. The van der Waals surface area contributed by atoms with Crippen LogP contribution >= 0.6 is 11.6 Å². The van der Waals surface area contributed by atoms with Gasteiger partial charge in [-0.2, -0.15) is 0 Å². The van der Waals surface area contributed by atoms with Gasteiger partial charge in [0.25, 0.3) is 5.56 Å². The third-order valence-electron chi connectivity index (χ3n) is 8.21. The van der Waals surface area contributed by atoms with E-state index < -0.39 is 0 Å². The number of piperidine rings is 1. The lowest BCUT2D eigenvalue weighted by atomic mass is 9.93. The van der Waals surface area contributed by atoms with Gasteiger partial charge in [-0.05, 0) is 48.7 Å². The summed E-state index contributed by atoms with van der Waals surface area (Å²) in [7, 11) is 0. The fraction of sp³-hybridized carbons (Fsp3) is 0.303. The molecule has 42 heavy (non-hydrogen) atoms. The second-order valence-electron chi connectivity index (χ2n) is 11.0. The minimum atomic E-state index is -0.204. The van der Waals surface area contributed by atoms with E-state index in [4.69, 9.17) is 11.6 Å². The van der Waals surface area contributed by atoms with Gasteiger partial charge in [-0.25, -0.2) is 0 Å². The highest BCUT2D eigenvalue weighted by Crippen LogP contribution is 2.37. The number of aromatic nitrogens is 1. The van der Waals surface area contributed by atoms with E-state index in [1.54, 1.807) is 6.07 Å². The summed E-state index contributed by atoms with van der Waals surface area (Å²) >= 11 is 6.40. The van der Waals surface area contributed by atoms with Crippen LogP contribution in [-0.2, 0) is 9.59 Å². The zero-order valence-electron chi connectivity index (χ0n) is 23.4. The number of piperazine rings is 1. The third-order valence-corrected chi connectivity index (χ3v) is 8.44. The van der Waals surface area contributed by atoms with Gasteiger partial charge in [0.15, 0.2) is 0 Å². The van der Waals surface area contributed by atoms with Gasteiger partial charge < -0.3 is 20.1 Å². The molecule has 1 aromatic heterocycles. The number of carbonyl (C=O) groups is 2. The van der Waals surface area contributed by atoms with E-state index in [2.05, 4.69) is 20.1 Å². The molecular weight excluding hydrogens is 550 g/mol. The van der Waals surface area contributed by atoms with Crippen LogP contribution in [0.5, 0.6) is 0 Å². The van der Waals surface area contributed by atoms with Crippen molar-refractivity contribution in [3.63, 3.8) is 0 Å². The number of benzene rings is 3. The predicted molar refractivity (Wildman–Crippen MR) is 168 cm³/mol. The number of aromatic amines is 1. The lowest BCUT2D eigenvalue weighted by Crippen LogP contribution is -2.53. The third kappa shape index (κ3) is 6.05. The average molecular weight is 584 g/mol. The first kappa shape index (κ1) is 28.0. The Morgan fingerprint density at radius 2 is 1.62 bits per heavy atom. The summed E-state index contributed by atoms with van der Waals surface area (Å²) in [5.41, 5.74) is 3.70. The standard InChI is InChI=1S/C33H34ClN5O3/c34-25-13-14-28-27(20-25)30(23-8-3-1-4-9-23)31(32(41)36-28)39-15-7-10-24(21-39)33(42)38-18-16-37(17-19-38)22-29(40)35-26-11-5-2-6-12-26/h1-6,8-9,11-14,20,24H,7,10,15-19,21-22H2,(H,35,40)(H,36,41)/t24-/m1/s1. The molecule has 0 unspecified atom stereocenters. The molecule has 0 saturated carbocycles. The Morgan fingerprint density at radius 3 is 2.36 bits per heavy atom. The number of nitrogens with zero attached hydrogens (tertiary/aromatic N) is 3. The van der Waals surface area contributed by atoms with Crippen LogP contribution in [0, 0.1) is 5.92 Å². The first-order valence-electron chi connectivity index (χ1n) is 14.5. The molecule has 0 bridgehead atoms. The van der Waals surface area contributed by atoms with Crippen LogP contribution < -0.4 is 15.8 Å². The lowest BCUT2D eigenvalue weighted by Gasteiger charge is -2.39. The quantitative estimate of drug-likeness (QED) is 0.339. The maximum Gasteiger partial charge on any atom is 0.272 e. The predicted octanol–water partition coefficient (Wildman–Crippen LogP) is 4.85. The zero-order valence-corrected chi connectivity index (χ0v) is 24.1. The number of H-pyrrole nitrogens is 1. The van der Waals surface area contributed by atoms with Gasteiger partial charge in [-0.15, -0.1) is 0 Å². The van der Waals surface area contributed by atoms with Crippen molar-refractivity contribution in [3.8, 4) is 11.1 Å². The van der Waals surface area contributed by atoms with Crippen LogP contribution in [0.2, 0.25) is 5.02 Å². The van der Waals surface area contributed by atoms with Gasteiger partial charge >= 0.3 is 0 Å². The van der Waals surface area contributed by atoms with E-state index in [-0.39, 0.29) is 23.3 Å². The largest absolute Gasteiger partial charge is 0.366 e. The first-order chi connectivity index (χ1) is 20.5. The van der Waals surface area contributed by atoms with Crippen molar-refractivity contribution in [1.82, 2.24) is 14.8 Å². The Morgan fingerprint density at radius 1 is 0.905 bits per heavy atom. The Balaban J connectivity index is 1.16. The van der Waals surface area contributed by atoms with Crippen molar-refractivity contribution in [3.05, 3.63) is 94.2 Å². The van der Waals surface area contributed by atoms with Crippen LogP contribution in [0.1, 0.15) is 12.8 Å². The van der Waals surface area contributed by atoms with E-state index in [1.807, 2.05) is 77.7 Å². The zero-order chi connectivity index (χ0) is 29.1. The minimum Gasteiger partial charge on any atom is -0.366 e. The number of para-hydroxylation sites is 1. The lowest BCUT2D eigenvalue weighted by molar-refractivity contribution is -0.137. The number of carbonyl (C=O) groups excluding carboxylic acids is 2. The number of amides is 2. The molecule has 4 aromatic rings. The smallest absolute Gasteiger partial charge is 0.272 e. The molecule has 2 N–H and O–H groups in total. The Hall–Kier alpha value is -4.14. The number of rotatable bonds is 6. The molecule has 2 saturated heterocycles. The Labute approximate surface area is 249 Å². The van der Waals surface area contributed by atoms with Gasteiger partial charge in [0.2, 0.25) is 11.8 Å². The van der Waals surface area contributed by atoms with E-state index in [0.717, 1.165) is 40.6 Å². The van der Waals surface area contributed by atoms with Gasteiger partial charge in [-0.3, -0.25) is 19.3 Å². The highest BCUT2D eigenvalue weighted by atomic mass is 35.5. The molecule has 0 spiro atoms. The molecular formula is C33H34ClN5O3. The van der Waals surface area contributed by atoms with Gasteiger partial charge in [-0.1, -0.05) is 60.1 Å². The number of nitrogens with one attached hydrogen (secondary N) is 2. The number of hydrogen-bond donors (Lipinski definition) is 2. The normalized spacial score (nSPS) is 17.8. The maximum absolute atomic E-state index is 13.7. The number of pyridine rings is 1. The topological polar surface area (TPSA) is 88.8 Å². The minimum absolute atomic E-state index is 0.0555. The molecule has 8 nitrogen and oxygen atoms in total. The van der Waals surface area contributed by atoms with Crippen LogP contribution in [0.15, 0.2) is 83.7 Å². The summed E-state index contributed by atoms with van der Waals surface area (Å²) in [6, 6.07) is 24.8. The van der Waals surface area contributed by atoms with Crippen molar-refractivity contribution >= 4 is 45.7 Å². The SMILES string of the molecule is O=C(CN1CCN(C(=O)[C@@H]2CCCN(c3c(-c4ccccc4)c4cc(Cl)ccc4[nH]c3=O)C2)CC1)Nc1ccccc1. The van der Waals surface area contributed by atoms with Crippen molar-refractivity contribution in [2.75, 3.05) is 56.0 Å². The molecule has 0 radical (unpaired) electrons. The van der Waals surface area contributed by atoms with Crippen molar-refractivity contribution < 1.29 is 9.59 Å². The molecule has 3 heterocycles. The number of anilines is 2. The van der Waals surface area contributed by atoms with E-state index in [9.17, 15) is 14.4 Å². The fourth-order valence-corrected chi connectivity index (χ4v) is 6.32. The highest BCUT2D eigenvalue weighted by molar-refractivity contribution is 6.31. The number of hydrogen-bond acceptors (Lipinski definition) is 5. The number of fused-ring (bicyclic) bond motifs is 1. The Bertz CT molecular complexity index is 1630. The summed E-state index contributed by atoms with van der Waals surface area (Å²) in [6.45, 7) is 3.93.